The van der Waals surface area contributed by atoms with Gasteiger partial charge >= 0.3 is 0 Å². The number of carbonyl (C=O) groups is 1. The van der Waals surface area contributed by atoms with Crippen LogP contribution < -0.4 is 20.9 Å². The molecule has 0 spiro atoms. The average molecular weight is 429 g/mol. The number of benzene rings is 1. The van der Waals surface area contributed by atoms with E-state index >= 15 is 0 Å². The number of nitrogen functional groups attached to an aromatic ring is 1. The molecule has 2 atom stereocenters. The van der Waals surface area contributed by atoms with Crippen LogP contribution in [0.1, 0.15) is 23.8 Å². The third kappa shape index (κ3) is 3.36. The highest BCUT2D eigenvalue weighted by atomic mass is 32.2. The lowest BCUT2D eigenvalue weighted by molar-refractivity contribution is -0.114. The molecule has 6 nitrogen and oxygen atoms in total. The number of alkyl halides is 1. The van der Waals surface area contributed by atoms with Crippen LogP contribution in [0.15, 0.2) is 47.1 Å². The summed E-state index contributed by atoms with van der Waals surface area (Å²) in [7, 11) is 0. The highest BCUT2D eigenvalue weighted by Crippen LogP contribution is 2.44. The van der Waals surface area contributed by atoms with Gasteiger partial charge < -0.3 is 20.9 Å². The first-order valence-corrected chi connectivity index (χ1v) is 10.8. The van der Waals surface area contributed by atoms with Crippen molar-refractivity contribution in [3.8, 4) is 0 Å². The zero-order valence-electron chi connectivity index (χ0n) is 16.1. The largest absolute Gasteiger partial charge is 0.396 e. The molecule has 0 bridgehead atoms. The van der Waals surface area contributed by atoms with Crippen molar-refractivity contribution in [2.45, 2.75) is 24.4 Å². The lowest BCUT2D eigenvalue weighted by Gasteiger charge is -2.27. The van der Waals surface area contributed by atoms with Crippen LogP contribution in [0.2, 0.25) is 0 Å². The molecule has 0 aliphatic carbocycles. The van der Waals surface area contributed by atoms with Crippen LogP contribution in [0.3, 0.4) is 0 Å². The molecule has 3 N–H and O–H groups in total. The van der Waals surface area contributed by atoms with E-state index in [1.165, 1.54) is 23.9 Å². The first kappa shape index (κ1) is 19.2. The van der Waals surface area contributed by atoms with Crippen molar-refractivity contribution in [3.05, 3.63) is 58.5 Å². The number of hydrogen-bond donors (Lipinski definition) is 2. The quantitative estimate of drug-likeness (QED) is 0.729. The van der Waals surface area contributed by atoms with Gasteiger partial charge in [-0.1, -0.05) is 17.8 Å². The second-order valence-corrected chi connectivity index (χ2v) is 8.76. The molecule has 1 saturated heterocycles. The van der Waals surface area contributed by atoms with Gasteiger partial charge in [0.15, 0.2) is 0 Å². The van der Waals surface area contributed by atoms with E-state index in [4.69, 9.17) is 5.73 Å². The Morgan fingerprint density at radius 1 is 1.23 bits per heavy atom. The molecule has 156 valence electrons. The molecule has 3 aliphatic heterocycles. The van der Waals surface area contributed by atoms with Crippen LogP contribution in [0.4, 0.5) is 26.0 Å². The molecule has 3 aliphatic rings. The van der Waals surface area contributed by atoms with E-state index in [1.54, 1.807) is 17.2 Å². The number of anilines is 3. The minimum atomic E-state index is -0.792. The van der Waals surface area contributed by atoms with E-state index in [2.05, 4.69) is 10.3 Å². The van der Waals surface area contributed by atoms with Crippen LogP contribution >= 0.6 is 11.8 Å². The summed E-state index contributed by atoms with van der Waals surface area (Å²) in [5.74, 6) is 0.167. The summed E-state index contributed by atoms with van der Waals surface area (Å²) in [4.78, 5) is 21.8. The van der Waals surface area contributed by atoms with Crippen LogP contribution in [-0.2, 0) is 4.79 Å². The number of nitrogens with two attached hydrogens (primary N) is 1. The third-order valence-corrected chi connectivity index (χ3v) is 6.94. The highest BCUT2D eigenvalue weighted by Gasteiger charge is 2.36. The summed E-state index contributed by atoms with van der Waals surface area (Å²) in [6.07, 6.45) is 2.21. The molecule has 4 heterocycles. The van der Waals surface area contributed by atoms with E-state index in [0.29, 0.717) is 43.1 Å². The normalized spacial score (nSPS) is 23.7. The Balaban J connectivity index is 1.30. The second kappa shape index (κ2) is 7.46. The molecule has 1 fully saturated rings. The topological polar surface area (TPSA) is 74.5 Å². The number of pyridine rings is 1. The predicted octanol–water partition coefficient (Wildman–Crippen LogP) is 3.33. The summed E-state index contributed by atoms with van der Waals surface area (Å²) in [6.45, 7) is 1.56. The minimum absolute atomic E-state index is 0.0263. The molecule has 1 aromatic carbocycles. The Morgan fingerprint density at radius 2 is 2.10 bits per heavy atom. The summed E-state index contributed by atoms with van der Waals surface area (Å²) in [5.41, 5.74) is 8.17. The Bertz CT molecular complexity index is 1030. The van der Waals surface area contributed by atoms with Crippen LogP contribution in [0.25, 0.3) is 0 Å². The monoisotopic (exact) mass is 429 g/mol. The fourth-order valence-corrected chi connectivity index (χ4v) is 5.24. The Labute approximate surface area is 177 Å². The lowest BCUT2D eigenvalue weighted by Crippen LogP contribution is -2.37. The number of nitrogens with zero attached hydrogens (tertiary/aromatic N) is 3. The molecule has 2 unspecified atom stereocenters. The van der Waals surface area contributed by atoms with Gasteiger partial charge in [-0.25, -0.2) is 13.8 Å². The number of nitrogens with one attached hydrogen (secondary N) is 1. The molecule has 1 aromatic heterocycles. The van der Waals surface area contributed by atoms with Crippen LogP contribution in [0.5, 0.6) is 0 Å². The van der Waals surface area contributed by atoms with Crippen molar-refractivity contribution in [2.75, 3.05) is 35.2 Å². The maximum Gasteiger partial charge on any atom is 0.266 e. The summed E-state index contributed by atoms with van der Waals surface area (Å²) >= 11 is 1.46. The number of thioether (sulfide) groups is 1. The van der Waals surface area contributed by atoms with Crippen LogP contribution in [0, 0.1) is 5.82 Å². The second-order valence-electron chi connectivity index (χ2n) is 7.64. The van der Waals surface area contributed by atoms with Gasteiger partial charge in [-0.3, -0.25) is 4.79 Å². The SMILES string of the molecule is Nc1cc(N2CCC3=C(SC(c4ccc(N5CCC(F)C5)nc4)N3)C2=O)ccc1F. The first-order valence-electron chi connectivity index (χ1n) is 9.88. The summed E-state index contributed by atoms with van der Waals surface area (Å²) in [6, 6.07) is 8.22. The van der Waals surface area contributed by atoms with Crippen molar-refractivity contribution < 1.29 is 13.6 Å². The smallest absolute Gasteiger partial charge is 0.266 e. The minimum Gasteiger partial charge on any atom is -0.396 e. The highest BCUT2D eigenvalue weighted by molar-refractivity contribution is 8.04. The van der Waals surface area contributed by atoms with E-state index < -0.39 is 12.0 Å². The molecule has 5 rings (SSSR count). The molecule has 0 saturated carbocycles. The van der Waals surface area contributed by atoms with E-state index in [9.17, 15) is 13.6 Å². The van der Waals surface area contributed by atoms with Crippen molar-refractivity contribution >= 4 is 34.9 Å². The van der Waals surface area contributed by atoms with E-state index in [0.717, 1.165) is 17.1 Å². The van der Waals surface area contributed by atoms with Crippen molar-refractivity contribution in [1.29, 1.82) is 0 Å². The Hall–Kier alpha value is -2.81. The van der Waals surface area contributed by atoms with Gasteiger partial charge in [0.25, 0.3) is 5.91 Å². The van der Waals surface area contributed by atoms with Gasteiger partial charge in [-0.15, -0.1) is 0 Å². The fourth-order valence-electron chi connectivity index (χ4n) is 4.02. The summed E-state index contributed by atoms with van der Waals surface area (Å²) in [5, 5.41) is 3.32. The molecule has 1 amide bonds. The van der Waals surface area contributed by atoms with Crippen molar-refractivity contribution in [2.24, 2.45) is 0 Å². The third-order valence-electron chi connectivity index (χ3n) is 5.66. The fraction of sp³-hybridized carbons (Fsp3) is 0.333. The number of halogens is 2. The van der Waals surface area contributed by atoms with Crippen LogP contribution in [-0.4, -0.2) is 36.7 Å². The molecule has 2 aromatic rings. The zero-order valence-corrected chi connectivity index (χ0v) is 17.0. The van der Waals surface area contributed by atoms with E-state index in [1.807, 2.05) is 17.0 Å². The van der Waals surface area contributed by atoms with Gasteiger partial charge in [-0.2, -0.15) is 0 Å². The Kier molecular flexibility index (Phi) is 4.77. The lowest BCUT2D eigenvalue weighted by atomic mass is 10.1. The molecule has 30 heavy (non-hydrogen) atoms. The standard InChI is InChI=1S/C21H21F2N5OS/c22-13-5-7-27(11-13)18-4-1-12(10-25-18)20-26-17-6-8-28(21(29)19(17)30-20)14-2-3-15(23)16(24)9-14/h1-4,9-10,13,20,26H,5-8,11,24H2. The molecular weight excluding hydrogens is 408 g/mol. The average Bonchev–Trinajstić information content (AvgIpc) is 3.38. The number of carbonyl (C=O) groups excluding carboxylic acids is 1. The van der Waals surface area contributed by atoms with Crippen molar-refractivity contribution in [3.63, 3.8) is 0 Å². The van der Waals surface area contributed by atoms with Gasteiger partial charge in [-0.05, 0) is 30.7 Å². The van der Waals surface area contributed by atoms with Gasteiger partial charge in [0.1, 0.15) is 23.2 Å². The first-order chi connectivity index (χ1) is 14.5. The molecule has 0 radical (unpaired) electrons. The maximum atomic E-state index is 13.5. The van der Waals surface area contributed by atoms with Gasteiger partial charge in [0, 0.05) is 42.7 Å². The number of hydrogen-bond acceptors (Lipinski definition) is 6. The number of rotatable bonds is 3. The number of amides is 1. The van der Waals surface area contributed by atoms with E-state index in [-0.39, 0.29) is 17.0 Å². The predicted molar refractivity (Wildman–Crippen MR) is 114 cm³/mol. The van der Waals surface area contributed by atoms with Gasteiger partial charge in [0.2, 0.25) is 0 Å². The summed E-state index contributed by atoms with van der Waals surface area (Å²) < 4.78 is 26.9. The maximum absolute atomic E-state index is 13.5. The molecule has 9 heteroatoms. The zero-order chi connectivity index (χ0) is 20.8. The van der Waals surface area contributed by atoms with Crippen molar-refractivity contribution in [1.82, 2.24) is 10.3 Å². The molecular formula is C21H21F2N5OS. The van der Waals surface area contributed by atoms with Gasteiger partial charge in [0.05, 0.1) is 17.1 Å². The Morgan fingerprint density at radius 3 is 2.80 bits per heavy atom. The number of aromatic nitrogens is 1.